The van der Waals surface area contributed by atoms with E-state index in [9.17, 15) is 14.0 Å². The fourth-order valence-electron chi connectivity index (χ4n) is 2.76. The number of amides is 2. The zero-order valence-electron chi connectivity index (χ0n) is 13.7. The van der Waals surface area contributed by atoms with E-state index in [0.29, 0.717) is 5.69 Å². The summed E-state index contributed by atoms with van der Waals surface area (Å²) in [5.41, 5.74) is 0.548. The van der Waals surface area contributed by atoms with Crippen LogP contribution in [-0.4, -0.2) is 37.5 Å². The van der Waals surface area contributed by atoms with E-state index < -0.39 is 0 Å². The molecule has 1 unspecified atom stereocenters. The fraction of sp³-hybridized carbons (Fsp3) is 0.529. The van der Waals surface area contributed by atoms with Crippen LogP contribution in [0.15, 0.2) is 24.3 Å². The van der Waals surface area contributed by atoms with Crippen molar-refractivity contribution >= 4 is 17.5 Å². The van der Waals surface area contributed by atoms with Gasteiger partial charge in [-0.1, -0.05) is 12.8 Å². The number of carbonyl (C=O) groups is 2. The van der Waals surface area contributed by atoms with E-state index in [2.05, 4.69) is 10.6 Å². The summed E-state index contributed by atoms with van der Waals surface area (Å²) in [6.45, 7) is 2.00. The van der Waals surface area contributed by atoms with E-state index in [1.165, 1.54) is 37.1 Å². The zero-order valence-corrected chi connectivity index (χ0v) is 13.7. The van der Waals surface area contributed by atoms with Crippen LogP contribution in [0.1, 0.15) is 32.6 Å². The van der Waals surface area contributed by atoms with E-state index in [-0.39, 0.29) is 36.3 Å². The largest absolute Gasteiger partial charge is 0.348 e. The molecule has 1 fully saturated rings. The molecule has 2 rings (SSSR count). The smallest absolute Gasteiger partial charge is 0.279 e. The van der Waals surface area contributed by atoms with Gasteiger partial charge in [0, 0.05) is 11.7 Å². The van der Waals surface area contributed by atoms with Crippen LogP contribution in [0.2, 0.25) is 0 Å². The lowest BCUT2D eigenvalue weighted by Crippen LogP contribution is -3.15. The van der Waals surface area contributed by atoms with Gasteiger partial charge < -0.3 is 15.5 Å². The third kappa shape index (κ3) is 5.32. The number of quaternary nitrogens is 1. The molecule has 5 nitrogen and oxygen atoms in total. The molecule has 0 radical (unpaired) electrons. The Balaban J connectivity index is 1.79. The second kappa shape index (κ2) is 8.06. The maximum atomic E-state index is 12.8. The first-order chi connectivity index (χ1) is 11.0. The van der Waals surface area contributed by atoms with Gasteiger partial charge in [0.05, 0.1) is 7.05 Å². The average molecular weight is 322 g/mol. The molecule has 3 N–H and O–H groups in total. The van der Waals surface area contributed by atoms with E-state index in [1.54, 1.807) is 0 Å². The number of anilines is 1. The summed E-state index contributed by atoms with van der Waals surface area (Å²) in [5, 5.41) is 5.76. The third-order valence-electron chi connectivity index (χ3n) is 4.40. The molecule has 0 spiro atoms. The van der Waals surface area contributed by atoms with Gasteiger partial charge in [-0.25, -0.2) is 4.39 Å². The lowest BCUT2D eigenvalue weighted by molar-refractivity contribution is -0.885. The third-order valence-corrected chi connectivity index (χ3v) is 4.40. The van der Waals surface area contributed by atoms with Gasteiger partial charge in [-0.05, 0) is 44.0 Å². The number of hydrogen-bond donors (Lipinski definition) is 3. The molecule has 1 saturated carbocycles. The summed E-state index contributed by atoms with van der Waals surface area (Å²) in [7, 11) is 1.82. The standard InChI is InChI=1S/C17H24FN3O2/c1-12(17(23)20-14-5-3-4-6-14)21(2)11-16(22)19-15-9-7-13(18)8-10-15/h7-10,12,14H,3-6,11H2,1-2H3,(H,19,22)(H,20,23)/p+1/t12-/m0/s1. The van der Waals surface area contributed by atoms with Gasteiger partial charge in [0.1, 0.15) is 5.82 Å². The van der Waals surface area contributed by atoms with Crippen molar-refractivity contribution in [1.82, 2.24) is 5.32 Å². The minimum absolute atomic E-state index is 0.0102. The number of halogens is 1. The molecule has 2 atom stereocenters. The van der Waals surface area contributed by atoms with Crippen LogP contribution in [0.25, 0.3) is 0 Å². The molecule has 1 aliphatic rings. The van der Waals surface area contributed by atoms with Crippen LogP contribution in [0.4, 0.5) is 10.1 Å². The zero-order chi connectivity index (χ0) is 16.8. The summed E-state index contributed by atoms with van der Waals surface area (Å²) in [6.07, 6.45) is 4.43. The first-order valence-electron chi connectivity index (χ1n) is 8.14. The van der Waals surface area contributed by atoms with Gasteiger partial charge in [-0.2, -0.15) is 0 Å². The lowest BCUT2D eigenvalue weighted by Gasteiger charge is -2.22. The molecule has 1 aliphatic carbocycles. The molecule has 23 heavy (non-hydrogen) atoms. The average Bonchev–Trinajstić information content (AvgIpc) is 3.01. The Hall–Kier alpha value is -1.95. The van der Waals surface area contributed by atoms with Crippen LogP contribution in [-0.2, 0) is 9.59 Å². The molecule has 0 bridgehead atoms. The van der Waals surface area contributed by atoms with E-state index in [0.717, 1.165) is 17.7 Å². The monoisotopic (exact) mass is 322 g/mol. The van der Waals surface area contributed by atoms with Crippen LogP contribution < -0.4 is 15.5 Å². The Morgan fingerprint density at radius 1 is 1.26 bits per heavy atom. The quantitative estimate of drug-likeness (QED) is 0.723. The highest BCUT2D eigenvalue weighted by Gasteiger charge is 2.26. The van der Waals surface area contributed by atoms with Gasteiger partial charge in [-0.15, -0.1) is 0 Å². The summed E-state index contributed by atoms with van der Waals surface area (Å²) in [4.78, 5) is 25.1. The first kappa shape index (κ1) is 17.4. The number of hydrogen-bond acceptors (Lipinski definition) is 2. The van der Waals surface area contributed by atoms with Crippen molar-refractivity contribution in [3.05, 3.63) is 30.1 Å². The van der Waals surface area contributed by atoms with Crippen LogP contribution in [0.3, 0.4) is 0 Å². The minimum Gasteiger partial charge on any atom is -0.348 e. The summed E-state index contributed by atoms with van der Waals surface area (Å²) in [6, 6.07) is 5.60. The van der Waals surface area contributed by atoms with E-state index >= 15 is 0 Å². The Morgan fingerprint density at radius 2 is 1.87 bits per heavy atom. The topological polar surface area (TPSA) is 62.6 Å². The Kier molecular flexibility index (Phi) is 6.10. The molecular weight excluding hydrogens is 297 g/mol. The lowest BCUT2D eigenvalue weighted by atomic mass is 10.2. The predicted octanol–water partition coefficient (Wildman–Crippen LogP) is 0.726. The van der Waals surface area contributed by atoms with E-state index in [4.69, 9.17) is 0 Å². The molecular formula is C17H25FN3O2+. The van der Waals surface area contributed by atoms with Crippen molar-refractivity contribution in [1.29, 1.82) is 0 Å². The molecule has 6 heteroatoms. The molecule has 2 amide bonds. The maximum Gasteiger partial charge on any atom is 0.279 e. The molecule has 0 aromatic heterocycles. The number of benzene rings is 1. The van der Waals surface area contributed by atoms with Crippen molar-refractivity contribution in [3.8, 4) is 0 Å². The van der Waals surface area contributed by atoms with Gasteiger partial charge in [-0.3, -0.25) is 9.59 Å². The Morgan fingerprint density at radius 3 is 2.48 bits per heavy atom. The number of carbonyl (C=O) groups excluding carboxylic acids is 2. The minimum atomic E-state index is -0.344. The van der Waals surface area contributed by atoms with Gasteiger partial charge in [0.2, 0.25) is 0 Å². The highest BCUT2D eigenvalue weighted by atomic mass is 19.1. The van der Waals surface area contributed by atoms with E-state index in [1.807, 2.05) is 14.0 Å². The Labute approximate surface area is 136 Å². The fourth-order valence-corrected chi connectivity index (χ4v) is 2.76. The SMILES string of the molecule is C[C@@H](C(=O)NC1CCCC1)[NH+](C)CC(=O)Nc1ccc(F)cc1. The molecule has 1 aromatic rings. The van der Waals surface area contributed by atoms with Crippen molar-refractivity contribution in [2.24, 2.45) is 0 Å². The van der Waals surface area contributed by atoms with Crippen molar-refractivity contribution in [3.63, 3.8) is 0 Å². The summed E-state index contributed by atoms with van der Waals surface area (Å²) in [5.74, 6) is -0.554. The summed E-state index contributed by atoms with van der Waals surface area (Å²) >= 11 is 0. The number of likely N-dealkylation sites (N-methyl/N-ethyl adjacent to an activating group) is 1. The highest BCUT2D eigenvalue weighted by Crippen LogP contribution is 2.17. The highest BCUT2D eigenvalue weighted by molar-refractivity contribution is 5.91. The number of rotatable bonds is 6. The van der Waals surface area contributed by atoms with Crippen LogP contribution in [0.5, 0.6) is 0 Å². The van der Waals surface area contributed by atoms with Gasteiger partial charge in [0.15, 0.2) is 12.6 Å². The first-order valence-corrected chi connectivity index (χ1v) is 8.14. The summed E-state index contributed by atoms with van der Waals surface area (Å²) < 4.78 is 12.8. The molecule has 0 aliphatic heterocycles. The van der Waals surface area contributed by atoms with Crippen molar-refractivity contribution in [2.45, 2.75) is 44.7 Å². The van der Waals surface area contributed by atoms with Crippen molar-refractivity contribution in [2.75, 3.05) is 18.9 Å². The van der Waals surface area contributed by atoms with Gasteiger partial charge in [0.25, 0.3) is 11.8 Å². The van der Waals surface area contributed by atoms with Crippen LogP contribution in [0, 0.1) is 5.82 Å². The molecule has 0 saturated heterocycles. The van der Waals surface area contributed by atoms with Crippen molar-refractivity contribution < 1.29 is 18.9 Å². The predicted molar refractivity (Wildman–Crippen MR) is 86.6 cm³/mol. The second-order valence-corrected chi connectivity index (χ2v) is 6.29. The van der Waals surface area contributed by atoms with Crippen LogP contribution >= 0.6 is 0 Å². The number of nitrogens with one attached hydrogen (secondary N) is 3. The normalized spacial score (nSPS) is 17.5. The molecule has 0 heterocycles. The Bertz CT molecular complexity index is 541. The van der Waals surface area contributed by atoms with Gasteiger partial charge >= 0.3 is 0 Å². The molecule has 1 aromatic carbocycles. The molecule has 126 valence electrons. The maximum absolute atomic E-state index is 12.8. The second-order valence-electron chi connectivity index (χ2n) is 6.29.